The molecule has 0 radical (unpaired) electrons. The molecule has 0 amide bonds. The van der Waals surface area contributed by atoms with E-state index in [1.54, 1.807) is 0 Å². The van der Waals surface area contributed by atoms with Crippen LogP contribution in [0, 0.1) is 0 Å². The van der Waals surface area contributed by atoms with Crippen molar-refractivity contribution in [2.45, 2.75) is 0 Å². The molecule has 0 aliphatic carbocycles. The topological polar surface area (TPSA) is 80.8 Å². The monoisotopic (exact) mass is 178 g/mol. The standard InChI is InChI=1S/C7H6N4O2/c1-13-4-2-8-6-5(11-4)7(12)10-3-9-6/h2-3H,1H3,(H,8,9,10,12). The fourth-order valence-electron chi connectivity index (χ4n) is 0.932. The van der Waals surface area contributed by atoms with Crippen LogP contribution >= 0.6 is 0 Å². The van der Waals surface area contributed by atoms with Gasteiger partial charge < -0.3 is 9.72 Å². The largest absolute Gasteiger partial charge is 0.480 e. The first-order valence-electron chi connectivity index (χ1n) is 3.55. The number of aromatic amines is 1. The molecule has 2 heterocycles. The van der Waals surface area contributed by atoms with Crippen molar-refractivity contribution in [1.82, 2.24) is 19.9 Å². The molecule has 6 nitrogen and oxygen atoms in total. The Morgan fingerprint density at radius 2 is 2.31 bits per heavy atom. The highest BCUT2D eigenvalue weighted by molar-refractivity contribution is 5.67. The Bertz CT molecular complexity index is 493. The van der Waals surface area contributed by atoms with Crippen LogP contribution < -0.4 is 10.3 Å². The zero-order valence-electron chi connectivity index (χ0n) is 6.81. The molecular weight excluding hydrogens is 172 g/mol. The summed E-state index contributed by atoms with van der Waals surface area (Å²) in [6, 6.07) is 0. The molecule has 0 saturated carbocycles. The molecule has 0 atom stereocenters. The van der Waals surface area contributed by atoms with Crippen LogP contribution in [0.2, 0.25) is 0 Å². The Kier molecular flexibility index (Phi) is 1.66. The van der Waals surface area contributed by atoms with Gasteiger partial charge in [-0.25, -0.2) is 15.0 Å². The van der Waals surface area contributed by atoms with Crippen LogP contribution in [0.15, 0.2) is 17.3 Å². The lowest BCUT2D eigenvalue weighted by Gasteiger charge is -1.97. The van der Waals surface area contributed by atoms with Crippen LogP contribution in [0.4, 0.5) is 0 Å². The first kappa shape index (κ1) is 7.66. The molecule has 2 rings (SSSR count). The number of hydrogen-bond acceptors (Lipinski definition) is 5. The smallest absolute Gasteiger partial charge is 0.279 e. The third kappa shape index (κ3) is 1.22. The van der Waals surface area contributed by atoms with Gasteiger partial charge in [-0.1, -0.05) is 0 Å². The second-order valence-electron chi connectivity index (χ2n) is 2.32. The van der Waals surface area contributed by atoms with E-state index in [-0.39, 0.29) is 11.1 Å². The van der Waals surface area contributed by atoms with Crippen LogP contribution in [-0.4, -0.2) is 27.0 Å². The van der Waals surface area contributed by atoms with Gasteiger partial charge in [0.25, 0.3) is 5.56 Å². The van der Waals surface area contributed by atoms with Gasteiger partial charge in [0.2, 0.25) is 5.88 Å². The van der Waals surface area contributed by atoms with Crippen molar-refractivity contribution in [2.24, 2.45) is 0 Å². The lowest BCUT2D eigenvalue weighted by atomic mass is 10.5. The van der Waals surface area contributed by atoms with Gasteiger partial charge in [0.1, 0.15) is 0 Å². The molecule has 0 aromatic carbocycles. The minimum atomic E-state index is -0.323. The zero-order chi connectivity index (χ0) is 9.26. The first-order chi connectivity index (χ1) is 6.31. The predicted molar refractivity (Wildman–Crippen MR) is 44.5 cm³/mol. The lowest BCUT2D eigenvalue weighted by molar-refractivity contribution is 0.397. The van der Waals surface area contributed by atoms with Crippen molar-refractivity contribution in [3.05, 3.63) is 22.9 Å². The molecule has 0 unspecified atom stereocenters. The molecule has 0 aliphatic heterocycles. The minimum absolute atomic E-state index is 0.182. The highest BCUT2D eigenvalue weighted by Gasteiger charge is 2.03. The molecule has 1 N–H and O–H groups in total. The third-order valence-corrected chi connectivity index (χ3v) is 1.54. The number of nitrogens with zero attached hydrogens (tertiary/aromatic N) is 3. The molecule has 2 aromatic heterocycles. The first-order valence-corrected chi connectivity index (χ1v) is 3.55. The van der Waals surface area contributed by atoms with Crippen LogP contribution in [0.25, 0.3) is 11.2 Å². The van der Waals surface area contributed by atoms with Gasteiger partial charge in [-0.05, 0) is 0 Å². The van der Waals surface area contributed by atoms with E-state index < -0.39 is 0 Å². The fraction of sp³-hybridized carbons (Fsp3) is 0.143. The normalized spacial score (nSPS) is 10.2. The van der Waals surface area contributed by atoms with Crippen molar-refractivity contribution >= 4 is 11.2 Å². The summed E-state index contributed by atoms with van der Waals surface area (Å²) >= 11 is 0. The number of nitrogens with one attached hydrogen (secondary N) is 1. The van der Waals surface area contributed by atoms with E-state index in [4.69, 9.17) is 4.74 Å². The maximum atomic E-state index is 11.2. The van der Waals surface area contributed by atoms with Gasteiger partial charge >= 0.3 is 0 Å². The Labute approximate surface area is 72.6 Å². The number of H-pyrrole nitrogens is 1. The van der Waals surface area contributed by atoms with Crippen molar-refractivity contribution in [1.29, 1.82) is 0 Å². The number of hydrogen-bond donors (Lipinski definition) is 1. The van der Waals surface area contributed by atoms with Crippen LogP contribution in [0.3, 0.4) is 0 Å². The zero-order valence-corrected chi connectivity index (χ0v) is 6.81. The van der Waals surface area contributed by atoms with Crippen LogP contribution in [0.5, 0.6) is 5.88 Å². The number of fused-ring (bicyclic) bond motifs is 1. The van der Waals surface area contributed by atoms with Gasteiger partial charge in [0.05, 0.1) is 19.6 Å². The molecule has 0 aliphatic rings. The van der Waals surface area contributed by atoms with Crippen molar-refractivity contribution in [3.63, 3.8) is 0 Å². The van der Waals surface area contributed by atoms with Gasteiger partial charge in [-0.2, -0.15) is 0 Å². The summed E-state index contributed by atoms with van der Waals surface area (Å²) in [6.07, 6.45) is 2.70. The molecule has 0 saturated heterocycles. The highest BCUT2D eigenvalue weighted by Crippen LogP contribution is 2.05. The van der Waals surface area contributed by atoms with Crippen LogP contribution in [-0.2, 0) is 0 Å². The lowest BCUT2D eigenvalue weighted by Crippen LogP contribution is -2.09. The summed E-state index contributed by atoms with van der Waals surface area (Å²) in [7, 11) is 1.46. The molecule has 66 valence electrons. The van der Waals surface area contributed by atoms with Gasteiger partial charge in [-0.15, -0.1) is 0 Å². The Morgan fingerprint density at radius 3 is 3.08 bits per heavy atom. The van der Waals surface area contributed by atoms with Crippen LogP contribution in [0.1, 0.15) is 0 Å². The predicted octanol–water partition coefficient (Wildman–Crippen LogP) is -0.278. The Balaban J connectivity index is 2.82. The number of methoxy groups -OCH3 is 1. The van der Waals surface area contributed by atoms with E-state index in [1.165, 1.54) is 19.6 Å². The Morgan fingerprint density at radius 1 is 1.46 bits per heavy atom. The van der Waals surface area contributed by atoms with E-state index in [1.807, 2.05) is 0 Å². The van der Waals surface area contributed by atoms with E-state index in [9.17, 15) is 4.79 Å². The molecule has 0 spiro atoms. The summed E-state index contributed by atoms with van der Waals surface area (Å²) in [5.74, 6) is 0.297. The van der Waals surface area contributed by atoms with Crippen molar-refractivity contribution < 1.29 is 4.74 Å². The van der Waals surface area contributed by atoms with Gasteiger partial charge in [0.15, 0.2) is 11.2 Å². The van der Waals surface area contributed by atoms with E-state index >= 15 is 0 Å². The van der Waals surface area contributed by atoms with Crippen molar-refractivity contribution in [2.75, 3.05) is 7.11 Å². The van der Waals surface area contributed by atoms with Crippen molar-refractivity contribution in [3.8, 4) is 5.88 Å². The average molecular weight is 178 g/mol. The third-order valence-electron chi connectivity index (χ3n) is 1.54. The quantitative estimate of drug-likeness (QED) is 0.649. The van der Waals surface area contributed by atoms with E-state index in [2.05, 4.69) is 19.9 Å². The number of ether oxygens (including phenoxy) is 1. The molecule has 0 fully saturated rings. The summed E-state index contributed by atoms with van der Waals surface area (Å²) < 4.78 is 4.82. The summed E-state index contributed by atoms with van der Waals surface area (Å²) in [4.78, 5) is 25.2. The molecule has 0 bridgehead atoms. The van der Waals surface area contributed by atoms with E-state index in [0.717, 1.165) is 0 Å². The molecular formula is C7H6N4O2. The number of aromatic nitrogens is 4. The minimum Gasteiger partial charge on any atom is -0.480 e. The van der Waals surface area contributed by atoms with Gasteiger partial charge in [0, 0.05) is 0 Å². The number of rotatable bonds is 1. The maximum Gasteiger partial charge on any atom is 0.279 e. The molecule has 13 heavy (non-hydrogen) atoms. The second kappa shape index (κ2) is 2.81. The maximum absolute atomic E-state index is 11.2. The molecule has 6 heteroatoms. The summed E-state index contributed by atoms with van der Waals surface area (Å²) in [5, 5.41) is 0. The SMILES string of the molecule is COc1cnc2nc[nH]c(=O)c2n1. The Hall–Kier alpha value is -1.98. The summed E-state index contributed by atoms with van der Waals surface area (Å²) in [6.45, 7) is 0. The average Bonchev–Trinajstić information content (AvgIpc) is 2.18. The highest BCUT2D eigenvalue weighted by atomic mass is 16.5. The van der Waals surface area contributed by atoms with E-state index in [0.29, 0.717) is 11.5 Å². The second-order valence-corrected chi connectivity index (χ2v) is 2.32. The van der Waals surface area contributed by atoms with Gasteiger partial charge in [-0.3, -0.25) is 4.79 Å². The summed E-state index contributed by atoms with van der Waals surface area (Å²) in [5.41, 5.74) is 0.169. The fourth-order valence-corrected chi connectivity index (χ4v) is 0.932. The molecule has 2 aromatic rings.